The molecule has 1 fully saturated rings. The maximum atomic E-state index is 14.0. The lowest BCUT2D eigenvalue weighted by molar-refractivity contribution is -0.126. The van der Waals surface area contributed by atoms with Gasteiger partial charge in [-0.05, 0) is 67.3 Å². The van der Waals surface area contributed by atoms with Crippen molar-refractivity contribution in [3.05, 3.63) is 69.3 Å². The predicted molar refractivity (Wildman–Crippen MR) is 152 cm³/mol. The highest BCUT2D eigenvalue weighted by Gasteiger charge is 2.54. The zero-order valence-corrected chi connectivity index (χ0v) is 24.5. The first-order valence-electron chi connectivity index (χ1n) is 14.3. The second kappa shape index (κ2) is 9.57. The maximum Gasteiger partial charge on any atom is 0.354 e. The summed E-state index contributed by atoms with van der Waals surface area (Å²) in [5.41, 5.74) is 4.26. The second-order valence-electron chi connectivity index (χ2n) is 12.4. The molecular formula is C33H36N2O6. The molecule has 0 bridgehead atoms. The number of amides is 1. The fourth-order valence-electron chi connectivity index (χ4n) is 7.40. The van der Waals surface area contributed by atoms with Crippen LogP contribution in [0.15, 0.2) is 46.9 Å². The molecule has 2 aliphatic carbocycles. The van der Waals surface area contributed by atoms with Crippen molar-refractivity contribution >= 4 is 17.7 Å². The van der Waals surface area contributed by atoms with E-state index < -0.39 is 11.9 Å². The van der Waals surface area contributed by atoms with Gasteiger partial charge in [-0.3, -0.25) is 9.59 Å². The highest BCUT2D eigenvalue weighted by Crippen LogP contribution is 2.59. The van der Waals surface area contributed by atoms with Gasteiger partial charge in [-0.25, -0.2) is 9.78 Å². The van der Waals surface area contributed by atoms with Crippen molar-refractivity contribution in [1.29, 1.82) is 0 Å². The molecule has 1 aromatic heterocycles. The van der Waals surface area contributed by atoms with Crippen LogP contribution in [0.5, 0.6) is 5.75 Å². The predicted octanol–water partition coefficient (Wildman–Crippen LogP) is 5.72. The Labute approximate surface area is 240 Å². The van der Waals surface area contributed by atoms with E-state index in [-0.39, 0.29) is 34.8 Å². The van der Waals surface area contributed by atoms with Crippen LogP contribution in [0, 0.1) is 25.2 Å². The molecule has 1 amide bonds. The number of pyridine rings is 1. The number of Topliss-reactive ketones (excluding diaryl/α,β-unsaturated/α-hetero) is 1. The van der Waals surface area contributed by atoms with Gasteiger partial charge in [-0.1, -0.05) is 26.3 Å². The van der Waals surface area contributed by atoms with E-state index in [0.717, 1.165) is 36.0 Å². The van der Waals surface area contributed by atoms with Crippen molar-refractivity contribution in [1.82, 2.24) is 9.88 Å². The zero-order chi connectivity index (χ0) is 29.4. The largest absolute Gasteiger partial charge is 0.496 e. The van der Waals surface area contributed by atoms with Gasteiger partial charge in [-0.15, -0.1) is 0 Å². The molecule has 6 rings (SSSR count). The number of hydrogen-bond donors (Lipinski definition) is 1. The van der Waals surface area contributed by atoms with Gasteiger partial charge in [0.15, 0.2) is 11.5 Å². The number of rotatable bonds is 5. The molecule has 2 atom stereocenters. The molecule has 1 saturated carbocycles. The quantitative estimate of drug-likeness (QED) is 0.502. The van der Waals surface area contributed by atoms with Gasteiger partial charge in [0, 0.05) is 36.6 Å². The lowest BCUT2D eigenvalue weighted by Crippen LogP contribution is -2.40. The molecular weight excluding hydrogens is 520 g/mol. The maximum absolute atomic E-state index is 14.0. The highest BCUT2D eigenvalue weighted by molar-refractivity contribution is 6.07. The van der Waals surface area contributed by atoms with Crippen molar-refractivity contribution in [3.8, 4) is 17.0 Å². The van der Waals surface area contributed by atoms with Crippen molar-refractivity contribution in [3.63, 3.8) is 0 Å². The summed E-state index contributed by atoms with van der Waals surface area (Å²) in [6, 6.07) is 6.98. The van der Waals surface area contributed by atoms with Crippen LogP contribution in [0.4, 0.5) is 0 Å². The van der Waals surface area contributed by atoms with Crippen molar-refractivity contribution in [2.75, 3.05) is 14.2 Å². The average molecular weight is 557 g/mol. The van der Waals surface area contributed by atoms with Crippen molar-refractivity contribution < 1.29 is 29.0 Å². The summed E-state index contributed by atoms with van der Waals surface area (Å²) < 4.78 is 12.5. The minimum atomic E-state index is -1.10. The molecule has 41 heavy (non-hydrogen) atoms. The van der Waals surface area contributed by atoms with E-state index in [1.165, 1.54) is 0 Å². The normalized spacial score (nSPS) is 23.0. The number of ether oxygens (including phenoxy) is 2. The van der Waals surface area contributed by atoms with E-state index in [0.29, 0.717) is 52.5 Å². The lowest BCUT2D eigenvalue weighted by atomic mass is 9.58. The van der Waals surface area contributed by atoms with Crippen molar-refractivity contribution in [2.45, 2.75) is 71.8 Å². The number of carboxylic acids is 1. The first-order valence-corrected chi connectivity index (χ1v) is 14.3. The minimum absolute atomic E-state index is 0.0130. The van der Waals surface area contributed by atoms with Gasteiger partial charge in [0.25, 0.3) is 5.91 Å². The zero-order valence-electron chi connectivity index (χ0n) is 24.5. The molecule has 0 saturated heterocycles. The van der Waals surface area contributed by atoms with Crippen LogP contribution in [0.3, 0.4) is 0 Å². The Morgan fingerprint density at radius 3 is 2.46 bits per heavy atom. The molecule has 4 aliphatic rings. The van der Waals surface area contributed by atoms with Gasteiger partial charge in [0.2, 0.25) is 0 Å². The summed E-state index contributed by atoms with van der Waals surface area (Å²) in [7, 11) is 3.38. The average Bonchev–Trinajstić information content (AvgIpc) is 3.16. The first-order chi connectivity index (χ1) is 19.5. The van der Waals surface area contributed by atoms with E-state index in [4.69, 9.17) is 9.47 Å². The minimum Gasteiger partial charge on any atom is -0.496 e. The number of likely N-dealkylation sites (N-methyl/N-ethyl adjacent to an activating group) is 1. The molecule has 3 heterocycles. The van der Waals surface area contributed by atoms with Crippen LogP contribution in [0.1, 0.15) is 79.0 Å². The molecule has 214 valence electrons. The summed E-state index contributed by atoms with van der Waals surface area (Å²) in [5, 5.41) is 9.71. The third-order valence-electron chi connectivity index (χ3n) is 9.59. The number of carbonyl (C=O) groups excluding carboxylic acids is 2. The number of aromatic carboxylic acids is 1. The topological polar surface area (TPSA) is 106 Å². The number of allylic oxidation sites excluding steroid dienone is 2. The van der Waals surface area contributed by atoms with E-state index in [1.54, 1.807) is 38.1 Å². The number of methoxy groups -OCH3 is 1. The number of carboxylic acid groups (broad SMARTS) is 1. The number of carbonyl (C=O) groups is 3. The van der Waals surface area contributed by atoms with Gasteiger partial charge < -0.3 is 19.5 Å². The molecule has 1 spiro atoms. The van der Waals surface area contributed by atoms with Crippen LogP contribution in [-0.4, -0.2) is 52.8 Å². The fraction of sp³-hybridized carbons (Fsp3) is 0.455. The van der Waals surface area contributed by atoms with Gasteiger partial charge in [-0.2, -0.15) is 0 Å². The number of ketones is 1. The molecule has 8 nitrogen and oxygen atoms in total. The summed E-state index contributed by atoms with van der Waals surface area (Å²) in [6.07, 6.45) is 4.26. The smallest absolute Gasteiger partial charge is 0.354 e. The number of aromatic nitrogens is 1. The van der Waals surface area contributed by atoms with Gasteiger partial charge in [0.1, 0.15) is 17.3 Å². The monoisotopic (exact) mass is 556 g/mol. The van der Waals surface area contributed by atoms with Crippen LogP contribution in [0.2, 0.25) is 0 Å². The molecule has 1 aromatic carbocycles. The van der Waals surface area contributed by atoms with Crippen LogP contribution < -0.4 is 4.74 Å². The lowest BCUT2D eigenvalue weighted by Gasteiger charge is -2.47. The molecule has 1 N–H and O–H groups in total. The third-order valence-corrected chi connectivity index (χ3v) is 9.59. The number of aryl methyl sites for hydroxylation is 1. The summed E-state index contributed by atoms with van der Waals surface area (Å²) in [6.45, 7) is 7.78. The number of hydrogen-bond acceptors (Lipinski definition) is 6. The fourth-order valence-corrected chi connectivity index (χ4v) is 7.40. The first kappa shape index (κ1) is 27.2. The third kappa shape index (κ3) is 4.02. The van der Waals surface area contributed by atoms with Gasteiger partial charge in [0.05, 0.1) is 30.3 Å². The SMILES string of the molecule is COc1ccc(-c2ccc(C)c(C(=O)O)n2)c(C)c1[C@H]1C2=C(CC3(CCC3)CC2=O)OC2=C1C(=O)N(C)[C@@H]2C(C)C. The molecule has 0 unspecified atom stereocenters. The molecule has 2 aromatic rings. The standard InChI is InChI=1S/C33H36N2O6/c1-16(2)29-30-27(31(37)35(29)5)26(25-21(36)14-33(12-7-13-33)15-23(25)41-30)24-18(4)19(9-11-22(24)40-6)20-10-8-17(3)28(34-20)32(38)39/h8-11,16,26,29H,7,12-15H2,1-6H3,(H,38,39)/t26-,29+/m0/s1. The van der Waals surface area contributed by atoms with E-state index >= 15 is 0 Å². The number of nitrogens with zero attached hydrogens (tertiary/aromatic N) is 2. The summed E-state index contributed by atoms with van der Waals surface area (Å²) in [5.74, 6) is 0.110. The van der Waals surface area contributed by atoms with E-state index in [1.807, 2.05) is 19.1 Å². The Morgan fingerprint density at radius 1 is 1.12 bits per heavy atom. The van der Waals surface area contributed by atoms with E-state index in [2.05, 4.69) is 18.8 Å². The highest BCUT2D eigenvalue weighted by atomic mass is 16.5. The summed E-state index contributed by atoms with van der Waals surface area (Å²) >= 11 is 0. The molecule has 8 heteroatoms. The molecule has 2 aliphatic heterocycles. The Bertz CT molecular complexity index is 1580. The van der Waals surface area contributed by atoms with Crippen LogP contribution in [-0.2, 0) is 14.3 Å². The number of benzene rings is 1. The Hall–Kier alpha value is -3.94. The van der Waals surface area contributed by atoms with Gasteiger partial charge >= 0.3 is 5.97 Å². The van der Waals surface area contributed by atoms with Crippen LogP contribution >= 0.6 is 0 Å². The second-order valence-corrected chi connectivity index (χ2v) is 12.4. The molecule has 0 radical (unpaired) electrons. The Morgan fingerprint density at radius 2 is 1.85 bits per heavy atom. The van der Waals surface area contributed by atoms with Crippen molar-refractivity contribution in [2.24, 2.45) is 11.3 Å². The Kier molecular flexibility index (Phi) is 6.36. The van der Waals surface area contributed by atoms with Crippen LogP contribution in [0.25, 0.3) is 11.3 Å². The van der Waals surface area contributed by atoms with E-state index in [9.17, 15) is 19.5 Å². The Balaban J connectivity index is 1.61. The summed E-state index contributed by atoms with van der Waals surface area (Å²) in [4.78, 5) is 46.1.